The number of nitrogens with one attached hydrogen (secondary N) is 2. The second-order valence-electron chi connectivity index (χ2n) is 7.36. The maximum absolute atomic E-state index is 12.6. The van der Waals surface area contributed by atoms with Crippen molar-refractivity contribution < 1.29 is 0 Å². The molecule has 1 aromatic heterocycles. The first-order valence-electron chi connectivity index (χ1n) is 9.44. The maximum atomic E-state index is 12.6. The van der Waals surface area contributed by atoms with Crippen molar-refractivity contribution >= 4 is 5.82 Å². The van der Waals surface area contributed by atoms with Crippen LogP contribution in [0.4, 0.5) is 5.82 Å². The lowest BCUT2D eigenvalue weighted by Crippen LogP contribution is -2.43. The molecule has 4 rings (SSSR count). The minimum Gasteiger partial charge on any atom is -0.358 e. The number of benzene rings is 2. The van der Waals surface area contributed by atoms with Gasteiger partial charge in [0.2, 0.25) is 0 Å². The van der Waals surface area contributed by atoms with Crippen LogP contribution in [0.25, 0.3) is 5.69 Å². The molecule has 0 saturated heterocycles. The molecule has 2 N–H and O–H groups in total. The Balaban J connectivity index is 1.76. The molecule has 0 aliphatic carbocycles. The van der Waals surface area contributed by atoms with Crippen LogP contribution in [-0.4, -0.2) is 21.1 Å². The quantitative estimate of drug-likeness (QED) is 0.737. The van der Waals surface area contributed by atoms with E-state index in [1.165, 1.54) is 5.56 Å². The highest BCUT2D eigenvalue weighted by molar-refractivity contribution is 5.53. The van der Waals surface area contributed by atoms with Crippen LogP contribution in [0.3, 0.4) is 0 Å². The first-order valence-corrected chi connectivity index (χ1v) is 9.44. The molecule has 1 atom stereocenters. The lowest BCUT2D eigenvalue weighted by Gasteiger charge is -2.35. The van der Waals surface area contributed by atoms with Gasteiger partial charge >= 0.3 is 5.69 Å². The van der Waals surface area contributed by atoms with Crippen LogP contribution in [0.2, 0.25) is 0 Å². The Hall–Kier alpha value is -3.12. The fraction of sp³-hybridized carbons (Fsp3) is 0.273. The van der Waals surface area contributed by atoms with Crippen LogP contribution in [0.1, 0.15) is 35.2 Å². The van der Waals surface area contributed by atoms with Gasteiger partial charge in [0.05, 0.1) is 17.9 Å². The van der Waals surface area contributed by atoms with Gasteiger partial charge in [0.1, 0.15) is 5.82 Å². The maximum Gasteiger partial charge on any atom is 0.334 e. The summed E-state index contributed by atoms with van der Waals surface area (Å²) in [6.07, 6.45) is 0. The summed E-state index contributed by atoms with van der Waals surface area (Å²) >= 11 is 0. The number of anilines is 1. The molecule has 3 aromatic rings. The first-order chi connectivity index (χ1) is 13.5. The molecular formula is C22H24N4O2. The molecule has 0 spiro atoms. The van der Waals surface area contributed by atoms with Crippen LogP contribution < -0.4 is 16.6 Å². The third-order valence-corrected chi connectivity index (χ3v) is 5.60. The van der Waals surface area contributed by atoms with Crippen molar-refractivity contribution in [2.75, 3.05) is 12.0 Å². The Labute approximate surface area is 163 Å². The number of fused-ring (bicyclic) bond motifs is 1. The largest absolute Gasteiger partial charge is 0.358 e. The van der Waals surface area contributed by atoms with E-state index in [-0.39, 0.29) is 11.6 Å². The zero-order valence-corrected chi connectivity index (χ0v) is 16.3. The molecule has 144 valence electrons. The predicted octanol–water partition coefficient (Wildman–Crippen LogP) is 3.09. The molecule has 0 unspecified atom stereocenters. The molecule has 28 heavy (non-hydrogen) atoms. The number of nitrogens with zero attached hydrogens (tertiary/aromatic N) is 2. The Morgan fingerprint density at radius 3 is 2.46 bits per heavy atom. The van der Waals surface area contributed by atoms with Crippen LogP contribution in [0.5, 0.6) is 0 Å². The molecule has 0 bridgehead atoms. The summed E-state index contributed by atoms with van der Waals surface area (Å²) in [5.41, 5.74) is 4.00. The number of hydrogen-bond donors (Lipinski definition) is 2. The second-order valence-corrected chi connectivity index (χ2v) is 7.36. The molecule has 0 saturated carbocycles. The minimum absolute atomic E-state index is 0.142. The van der Waals surface area contributed by atoms with Crippen molar-refractivity contribution in [1.82, 2.24) is 14.5 Å². The van der Waals surface area contributed by atoms with Crippen molar-refractivity contribution in [1.29, 1.82) is 0 Å². The van der Waals surface area contributed by atoms with Gasteiger partial charge in [-0.25, -0.2) is 9.36 Å². The summed E-state index contributed by atoms with van der Waals surface area (Å²) in [7, 11) is 0. The number of aryl methyl sites for hydroxylation is 2. The molecule has 1 aliphatic rings. The zero-order valence-electron chi connectivity index (χ0n) is 16.3. The molecule has 1 aliphatic heterocycles. The van der Waals surface area contributed by atoms with Crippen LogP contribution >= 0.6 is 0 Å². The lowest BCUT2D eigenvalue weighted by molar-refractivity contribution is 0.207. The Morgan fingerprint density at radius 2 is 1.75 bits per heavy atom. The Bertz CT molecular complexity index is 1130. The number of hydrogen-bond acceptors (Lipinski definition) is 4. The predicted molar refractivity (Wildman–Crippen MR) is 111 cm³/mol. The molecule has 2 aromatic carbocycles. The van der Waals surface area contributed by atoms with Gasteiger partial charge in [-0.1, -0.05) is 36.4 Å². The van der Waals surface area contributed by atoms with Gasteiger partial charge in [-0.05, 0) is 49.6 Å². The molecule has 0 fully saturated rings. The van der Waals surface area contributed by atoms with Crippen LogP contribution in [-0.2, 0) is 6.54 Å². The first kappa shape index (κ1) is 18.3. The summed E-state index contributed by atoms with van der Waals surface area (Å²) in [5, 5.41) is 3.32. The Morgan fingerprint density at radius 1 is 1.00 bits per heavy atom. The van der Waals surface area contributed by atoms with Crippen molar-refractivity contribution in [2.24, 2.45) is 0 Å². The van der Waals surface area contributed by atoms with Gasteiger partial charge in [-0.2, -0.15) is 0 Å². The van der Waals surface area contributed by atoms with Crippen molar-refractivity contribution in [3.63, 3.8) is 0 Å². The van der Waals surface area contributed by atoms with E-state index in [0.717, 1.165) is 16.8 Å². The Kier molecular flexibility index (Phi) is 4.65. The third-order valence-electron chi connectivity index (χ3n) is 5.60. The lowest BCUT2D eigenvalue weighted by atomic mass is 10.1. The molecule has 0 amide bonds. The molecule has 2 heterocycles. The fourth-order valence-electron chi connectivity index (χ4n) is 3.67. The SMILES string of the molecule is Cc1ccc(-n2c3c(c(=O)[nH]c2=O)CN([C@@H](C)c2ccccc2)CN3)cc1C. The summed E-state index contributed by atoms with van der Waals surface area (Å²) in [4.78, 5) is 29.8. The van der Waals surface area contributed by atoms with E-state index in [0.29, 0.717) is 24.6 Å². The molecule has 6 heteroatoms. The van der Waals surface area contributed by atoms with E-state index >= 15 is 0 Å². The highest BCUT2D eigenvalue weighted by Crippen LogP contribution is 2.28. The van der Waals surface area contributed by atoms with Gasteiger partial charge in [0.25, 0.3) is 5.56 Å². The standard InChI is InChI=1S/C22H24N4O2/c1-14-9-10-18(11-15(14)2)26-20-19(21(27)24-22(26)28)12-25(13-23-20)16(3)17-7-5-4-6-8-17/h4-11,16,23H,12-13H2,1-3H3,(H,24,27,28)/t16-/m0/s1. The average Bonchev–Trinajstić information content (AvgIpc) is 2.70. The second kappa shape index (κ2) is 7.13. The van der Waals surface area contributed by atoms with E-state index in [2.05, 4.69) is 34.3 Å². The van der Waals surface area contributed by atoms with Crippen LogP contribution in [0, 0.1) is 13.8 Å². The normalized spacial score (nSPS) is 15.0. The highest BCUT2D eigenvalue weighted by Gasteiger charge is 2.26. The van der Waals surface area contributed by atoms with Crippen LogP contribution in [0.15, 0.2) is 58.1 Å². The summed E-state index contributed by atoms with van der Waals surface area (Å²) < 4.78 is 1.56. The van der Waals surface area contributed by atoms with Gasteiger partial charge < -0.3 is 5.32 Å². The topological polar surface area (TPSA) is 70.1 Å². The van der Waals surface area contributed by atoms with Gasteiger partial charge in [-0.15, -0.1) is 0 Å². The number of rotatable bonds is 3. The van der Waals surface area contributed by atoms with E-state index < -0.39 is 5.69 Å². The van der Waals surface area contributed by atoms with Crippen molar-refractivity contribution in [3.05, 3.63) is 91.6 Å². The van der Waals surface area contributed by atoms with E-state index in [1.807, 2.05) is 50.2 Å². The monoisotopic (exact) mass is 376 g/mol. The smallest absolute Gasteiger partial charge is 0.334 e. The number of aromatic amines is 1. The van der Waals surface area contributed by atoms with Gasteiger partial charge in [-0.3, -0.25) is 14.7 Å². The highest BCUT2D eigenvalue weighted by atomic mass is 16.2. The van der Waals surface area contributed by atoms with Crippen molar-refractivity contribution in [3.8, 4) is 5.69 Å². The van der Waals surface area contributed by atoms with Gasteiger partial charge in [0, 0.05) is 12.6 Å². The summed E-state index contributed by atoms with van der Waals surface area (Å²) in [5.74, 6) is 0.577. The van der Waals surface area contributed by atoms with Gasteiger partial charge in [0.15, 0.2) is 0 Å². The summed E-state index contributed by atoms with van der Waals surface area (Å²) in [6, 6.07) is 16.2. The molecular weight excluding hydrogens is 352 g/mol. The number of aromatic nitrogens is 2. The number of H-pyrrole nitrogens is 1. The minimum atomic E-state index is -0.427. The molecule has 6 nitrogen and oxygen atoms in total. The van der Waals surface area contributed by atoms with E-state index in [4.69, 9.17) is 0 Å². The summed E-state index contributed by atoms with van der Waals surface area (Å²) in [6.45, 7) is 7.19. The third kappa shape index (κ3) is 3.16. The van der Waals surface area contributed by atoms with E-state index in [9.17, 15) is 9.59 Å². The zero-order chi connectivity index (χ0) is 19.8. The van der Waals surface area contributed by atoms with Crippen molar-refractivity contribution in [2.45, 2.75) is 33.4 Å². The average molecular weight is 376 g/mol. The fourth-order valence-corrected chi connectivity index (χ4v) is 3.67. The molecule has 0 radical (unpaired) electrons. The van der Waals surface area contributed by atoms with E-state index in [1.54, 1.807) is 4.57 Å².